The van der Waals surface area contributed by atoms with Gasteiger partial charge >= 0.3 is 0 Å². The summed E-state index contributed by atoms with van der Waals surface area (Å²) >= 11 is 0. The Morgan fingerprint density at radius 3 is 1.37 bits per heavy atom. The third kappa shape index (κ3) is 18.3. The topological polar surface area (TPSA) is 69.6 Å². The number of nitrogens with zero attached hydrogens (tertiary/aromatic N) is 4. The third-order valence-corrected chi connectivity index (χ3v) is 28.0. The molecule has 0 bridgehead atoms. The number of benzene rings is 15. The first kappa shape index (κ1) is 91.2. The third-order valence-electron chi connectivity index (χ3n) is 28.0. The van der Waals surface area contributed by atoms with Crippen molar-refractivity contribution in [1.29, 1.82) is 0 Å². The largest absolute Gasteiger partial charge is 0.494 e. The van der Waals surface area contributed by atoms with Gasteiger partial charge in [0, 0.05) is 60.7 Å². The Bertz CT molecular complexity index is 6980. The second kappa shape index (κ2) is 41.9. The van der Waals surface area contributed by atoms with Crippen LogP contribution < -0.4 is 19.1 Å². The maximum Gasteiger partial charge on any atom is 0.152 e. The van der Waals surface area contributed by atoms with Gasteiger partial charge in [0.2, 0.25) is 0 Å². The summed E-state index contributed by atoms with van der Waals surface area (Å²) in [7, 11) is 0. The molecule has 8 heteroatoms. The van der Waals surface area contributed by atoms with Crippen LogP contribution in [0.3, 0.4) is 0 Å². The minimum absolute atomic E-state index is 0. The van der Waals surface area contributed by atoms with Crippen molar-refractivity contribution in [2.24, 2.45) is 0 Å². The van der Waals surface area contributed by atoms with Crippen molar-refractivity contribution in [1.82, 2.24) is 15.0 Å². The van der Waals surface area contributed by atoms with Gasteiger partial charge in [0.15, 0.2) is 11.5 Å². The fraction of sp³-hybridized carbons (Fsp3) is 0.211. The molecule has 7 nitrogen and oxygen atoms in total. The fourth-order valence-electron chi connectivity index (χ4n) is 21.2. The van der Waals surface area contributed by atoms with E-state index >= 15 is 0 Å². The molecule has 0 saturated heterocycles. The van der Waals surface area contributed by atoms with Gasteiger partial charge in [-0.1, -0.05) is 334 Å². The zero-order valence-corrected chi connectivity index (χ0v) is 81.1. The Kier molecular flexibility index (Phi) is 28.1. The molecule has 0 fully saturated rings. The minimum Gasteiger partial charge on any atom is -0.494 e. The second-order valence-corrected chi connectivity index (χ2v) is 36.9. The van der Waals surface area contributed by atoms with Crippen molar-refractivity contribution >= 4 is 38.6 Å². The van der Waals surface area contributed by atoms with Crippen LogP contribution in [0.5, 0.6) is 23.0 Å². The SMILES string of the molecule is CCCCCCCCOc1ccc(C2(c3ccc(OCCCCCCCC)cc3)c3cc(C)ccc3-c3ccc(-c4ccc5c(c4)C4(c6ccc[c-]c6-c6ncccc64)c4cc(-c6ccc7c(c6)Oc6cc(C)ccc6N7c6ccc(-c7ccc(CCCCCCC)cc7)cc6)ccc4-5)cc32)cc1.[Ir].[c-]1ccccc1-c1nccc2ccccc12.c1ccc(-c2nccc3ccccc23)cc1. The molecule has 15 aromatic carbocycles. The van der Waals surface area contributed by atoms with E-state index in [1.807, 2.05) is 91.4 Å². The van der Waals surface area contributed by atoms with Crippen LogP contribution in [0.1, 0.15) is 191 Å². The smallest absolute Gasteiger partial charge is 0.152 e. The summed E-state index contributed by atoms with van der Waals surface area (Å²) < 4.78 is 20.1. The van der Waals surface area contributed by atoms with Crippen molar-refractivity contribution < 1.29 is 34.3 Å². The Labute approximate surface area is 817 Å². The summed E-state index contributed by atoms with van der Waals surface area (Å²) in [6, 6.07) is 135. The van der Waals surface area contributed by atoms with Crippen molar-refractivity contribution in [2.75, 3.05) is 18.1 Å². The summed E-state index contributed by atoms with van der Waals surface area (Å²) in [4.78, 5) is 16.5. The van der Waals surface area contributed by atoms with Crippen LogP contribution in [0.15, 0.2) is 370 Å². The van der Waals surface area contributed by atoms with Crippen molar-refractivity contribution in [3.05, 3.63) is 444 Å². The van der Waals surface area contributed by atoms with Gasteiger partial charge in [-0.25, -0.2) is 0 Å². The standard InChI is InChI=1S/C98H95N2O3.C15H11N.C15H10N.Ir/c1-6-9-12-15-18-23-59-101-79-48-42-76(43-49-79)97(77-44-50-80(51-45-77)102-60-24-19-16-13-10-7-2)88-61-67(4)30-52-81(88)82-53-38-72(63-89(82)97)73-39-54-83-84-55-40-74(65-91(84)98(90(83)64-73)86-28-22-21-27-85(86)96-87(98)29-25-58-99-96)75-41-57-93-95(66-75)103-94-62-68(5)31-56-92(94)100(93)78-46-36-71(37-47-78)70-34-32-69(33-35-70)26-20-17-14-11-8-3;2*1-2-7-13(8-3-1)15-14-9-5-4-6-12(14)10-11-16-15;/h21-22,25,28-58,61-66H,6-20,23-24,26,59-60H2,1-5H3;1-11H;1-7,9-11H;/q-1;;-1;. The number of hydrogen-bond acceptors (Lipinski definition) is 7. The fourth-order valence-corrected chi connectivity index (χ4v) is 21.2. The van der Waals surface area contributed by atoms with Gasteiger partial charge in [0.1, 0.15) is 11.5 Å². The molecule has 3 aliphatic carbocycles. The number of unbranched alkanes of at least 4 members (excludes halogenated alkanes) is 14. The molecule has 4 aliphatic rings. The van der Waals surface area contributed by atoms with E-state index in [9.17, 15) is 0 Å². The molecule has 1 spiro atoms. The Morgan fingerprint density at radius 1 is 0.316 bits per heavy atom. The van der Waals surface area contributed by atoms with Gasteiger partial charge < -0.3 is 29.1 Å². The number of anilines is 3. The van der Waals surface area contributed by atoms with Gasteiger partial charge in [-0.3, -0.25) is 4.98 Å². The maximum atomic E-state index is 7.02. The van der Waals surface area contributed by atoms with Gasteiger partial charge in [-0.15, -0.1) is 71.3 Å². The first-order valence-corrected chi connectivity index (χ1v) is 49.3. The van der Waals surface area contributed by atoms with Crippen molar-refractivity contribution in [2.45, 2.75) is 161 Å². The molecule has 1 aliphatic heterocycles. The first-order chi connectivity index (χ1) is 66.7. The number of aryl methyl sites for hydroxylation is 3. The molecular weight excluding hydrogens is 1830 g/mol. The molecular formula is C128H116IrN4O3-2. The Morgan fingerprint density at radius 2 is 0.772 bits per heavy atom. The van der Waals surface area contributed by atoms with E-state index in [-0.39, 0.29) is 20.1 Å². The van der Waals surface area contributed by atoms with E-state index in [4.69, 9.17) is 19.2 Å². The average Bonchev–Trinajstić information content (AvgIpc) is 1.51. The van der Waals surface area contributed by atoms with Crippen LogP contribution in [-0.4, -0.2) is 28.2 Å². The molecule has 22 rings (SSSR count). The summed E-state index contributed by atoms with van der Waals surface area (Å²) in [5, 5.41) is 4.82. The molecule has 136 heavy (non-hydrogen) atoms. The summed E-state index contributed by atoms with van der Waals surface area (Å²) in [6.45, 7) is 12.6. The van der Waals surface area contributed by atoms with Gasteiger partial charge in [0.25, 0.3) is 0 Å². The van der Waals surface area contributed by atoms with Crippen LogP contribution in [0.2, 0.25) is 0 Å². The maximum absolute atomic E-state index is 7.02. The summed E-state index contributed by atoms with van der Waals surface area (Å²) in [6.07, 6.45) is 28.0. The zero-order chi connectivity index (χ0) is 91.4. The molecule has 0 saturated carbocycles. The normalized spacial score (nSPS) is 13.4. The van der Waals surface area contributed by atoms with Crippen molar-refractivity contribution in [3.8, 4) is 112 Å². The molecule has 1 unspecified atom stereocenters. The van der Waals surface area contributed by atoms with Crippen molar-refractivity contribution in [3.63, 3.8) is 0 Å². The number of rotatable bonds is 30. The molecule has 18 aromatic rings. The quantitative estimate of drug-likeness (QED) is 0.0328. The molecule has 0 N–H and O–H groups in total. The van der Waals surface area contributed by atoms with Crippen LogP contribution in [0.25, 0.3) is 111 Å². The monoisotopic (exact) mass is 1950 g/mol. The van der Waals surface area contributed by atoms with E-state index in [0.717, 1.165) is 129 Å². The van der Waals surface area contributed by atoms with Gasteiger partial charge in [-0.2, -0.15) is 0 Å². The molecule has 3 aromatic heterocycles. The number of aromatic nitrogens is 3. The molecule has 4 heterocycles. The molecule has 0 amide bonds. The van der Waals surface area contributed by atoms with Gasteiger partial charge in [-0.05, 0) is 264 Å². The van der Waals surface area contributed by atoms with E-state index in [1.165, 1.54) is 212 Å². The van der Waals surface area contributed by atoms with Crippen LogP contribution in [-0.2, 0) is 37.4 Å². The first-order valence-electron chi connectivity index (χ1n) is 49.3. The second-order valence-electron chi connectivity index (χ2n) is 36.9. The number of ether oxygens (including phenoxy) is 3. The molecule has 1 radical (unpaired) electrons. The average molecular weight is 1950 g/mol. The zero-order valence-electron chi connectivity index (χ0n) is 78.7. The van der Waals surface area contributed by atoms with E-state index in [0.29, 0.717) is 0 Å². The molecule has 677 valence electrons. The van der Waals surface area contributed by atoms with E-state index in [1.54, 1.807) is 0 Å². The van der Waals surface area contributed by atoms with Crippen LogP contribution >= 0.6 is 0 Å². The summed E-state index contributed by atoms with van der Waals surface area (Å²) in [5.41, 5.74) is 33.5. The summed E-state index contributed by atoms with van der Waals surface area (Å²) in [5.74, 6) is 3.47. The van der Waals surface area contributed by atoms with E-state index in [2.05, 4.69) is 341 Å². The predicted molar refractivity (Wildman–Crippen MR) is 561 cm³/mol. The van der Waals surface area contributed by atoms with Gasteiger partial charge in [0.05, 0.1) is 35.7 Å². The minimum atomic E-state index is -0.695. The van der Waals surface area contributed by atoms with Crippen LogP contribution in [0, 0.1) is 26.0 Å². The number of fused-ring (bicyclic) bond motifs is 17. The predicted octanol–water partition coefficient (Wildman–Crippen LogP) is 34.4. The van der Waals surface area contributed by atoms with E-state index < -0.39 is 10.8 Å². The molecule has 1 atom stereocenters. The number of hydrogen-bond donors (Lipinski definition) is 0. The Balaban J connectivity index is 0.000000298. The van der Waals surface area contributed by atoms with Crippen LogP contribution in [0.4, 0.5) is 17.1 Å². The number of pyridine rings is 3. The Hall–Kier alpha value is -13.9.